The van der Waals surface area contributed by atoms with Crippen LogP contribution >= 0.6 is 22.9 Å². The zero-order valence-electron chi connectivity index (χ0n) is 21.8. The standard InChI is InChI=1S/C24H27ClN8O3S.CH2O2/c1-13(2)27-7-8-28-19(34)11-36-15-5-6-16(17(25)9-15)18-10-26-12-33(18)22-20-21(31-32-22)29-24(37-20)30-23(35)14-3-4-14;2-1-3/h5-6,9-10,12-14,27H,3-4,7-8,11H2,1-2H3,(H,28,34)(H2,29,30,31,32,35);1H,(H,2,3). The van der Waals surface area contributed by atoms with Crippen LogP contribution in [0, 0.1) is 5.92 Å². The van der Waals surface area contributed by atoms with Gasteiger partial charge >= 0.3 is 0 Å². The number of H-pyrrole nitrogens is 1. The number of thiazole rings is 1. The Labute approximate surface area is 238 Å². The summed E-state index contributed by atoms with van der Waals surface area (Å²) in [5, 5.41) is 24.1. The number of fused-ring (bicyclic) bond motifs is 1. The maximum atomic E-state index is 12.1. The van der Waals surface area contributed by atoms with Crippen LogP contribution in [0.1, 0.15) is 26.7 Å². The Balaban J connectivity index is 0.00000118. The Morgan fingerprint density at radius 1 is 1.32 bits per heavy atom. The molecule has 0 spiro atoms. The molecule has 15 heteroatoms. The first kappa shape index (κ1) is 29.0. The van der Waals surface area contributed by atoms with Gasteiger partial charge in [0.15, 0.2) is 23.2 Å². The lowest BCUT2D eigenvalue weighted by Gasteiger charge is -2.11. The number of hydrogen-bond donors (Lipinski definition) is 5. The molecule has 0 radical (unpaired) electrons. The summed E-state index contributed by atoms with van der Waals surface area (Å²) >= 11 is 7.95. The van der Waals surface area contributed by atoms with Crippen molar-refractivity contribution < 1.29 is 24.2 Å². The lowest BCUT2D eigenvalue weighted by atomic mass is 10.1. The normalized spacial score (nSPS) is 12.6. The number of hydrogen-bond acceptors (Lipinski definition) is 9. The monoisotopic (exact) mass is 588 g/mol. The van der Waals surface area contributed by atoms with Gasteiger partial charge in [0, 0.05) is 30.6 Å². The zero-order valence-corrected chi connectivity index (χ0v) is 23.4. The number of nitrogens with zero attached hydrogens (tertiary/aromatic N) is 4. The van der Waals surface area contributed by atoms with Crippen molar-refractivity contribution in [3.8, 4) is 22.8 Å². The second-order valence-electron chi connectivity index (χ2n) is 9.15. The lowest BCUT2D eigenvalue weighted by Crippen LogP contribution is -2.36. The quantitative estimate of drug-likeness (QED) is 0.130. The molecule has 4 aromatic rings. The fourth-order valence-corrected chi connectivity index (χ4v) is 4.87. The summed E-state index contributed by atoms with van der Waals surface area (Å²) in [6.07, 6.45) is 5.19. The Kier molecular flexibility index (Phi) is 9.69. The number of aromatic amines is 1. The van der Waals surface area contributed by atoms with E-state index < -0.39 is 0 Å². The lowest BCUT2D eigenvalue weighted by molar-refractivity contribution is -0.123. The number of imidazole rings is 1. The van der Waals surface area contributed by atoms with E-state index in [9.17, 15) is 9.59 Å². The third kappa shape index (κ3) is 7.34. The van der Waals surface area contributed by atoms with Gasteiger partial charge in [0.05, 0.1) is 16.9 Å². The summed E-state index contributed by atoms with van der Waals surface area (Å²) in [6.45, 7) is 4.96. The van der Waals surface area contributed by atoms with E-state index in [0.29, 0.717) is 46.5 Å². The fourth-order valence-electron chi connectivity index (χ4n) is 3.69. The molecule has 0 unspecified atom stereocenters. The van der Waals surface area contributed by atoms with Crippen molar-refractivity contribution in [3.63, 3.8) is 0 Å². The average Bonchev–Trinajstić information content (AvgIpc) is 3.35. The third-order valence-corrected chi connectivity index (χ3v) is 7.01. The predicted octanol–water partition coefficient (Wildman–Crippen LogP) is 3.07. The molecule has 3 aromatic heterocycles. The molecule has 1 aliphatic carbocycles. The van der Waals surface area contributed by atoms with Crippen molar-refractivity contribution in [2.75, 3.05) is 25.0 Å². The van der Waals surface area contributed by atoms with Crippen LogP contribution in [0.5, 0.6) is 5.75 Å². The maximum absolute atomic E-state index is 12.1. The smallest absolute Gasteiger partial charge is 0.290 e. The van der Waals surface area contributed by atoms with E-state index in [4.69, 9.17) is 26.2 Å². The van der Waals surface area contributed by atoms with E-state index in [0.717, 1.165) is 28.8 Å². The first-order chi connectivity index (χ1) is 19.3. The number of ether oxygens (including phenoxy) is 1. The van der Waals surface area contributed by atoms with Crippen LogP contribution in [0.2, 0.25) is 5.02 Å². The van der Waals surface area contributed by atoms with Gasteiger partial charge in [-0.15, -0.1) is 0 Å². The number of rotatable bonds is 11. The van der Waals surface area contributed by atoms with Gasteiger partial charge in [-0.05, 0) is 31.0 Å². The highest BCUT2D eigenvalue weighted by Gasteiger charge is 2.30. The van der Waals surface area contributed by atoms with E-state index >= 15 is 0 Å². The molecule has 1 aromatic carbocycles. The summed E-state index contributed by atoms with van der Waals surface area (Å²) in [7, 11) is 0. The summed E-state index contributed by atoms with van der Waals surface area (Å²) < 4.78 is 8.21. The van der Waals surface area contributed by atoms with Gasteiger partial charge in [0.2, 0.25) is 5.91 Å². The molecule has 0 saturated heterocycles. The van der Waals surface area contributed by atoms with Crippen molar-refractivity contribution in [1.29, 1.82) is 0 Å². The number of amides is 2. The van der Waals surface area contributed by atoms with Gasteiger partial charge in [-0.25, -0.2) is 9.97 Å². The van der Waals surface area contributed by atoms with Gasteiger partial charge in [0.25, 0.3) is 12.4 Å². The van der Waals surface area contributed by atoms with Gasteiger partial charge in [-0.2, -0.15) is 5.10 Å². The molecule has 212 valence electrons. The minimum atomic E-state index is -0.250. The Morgan fingerprint density at radius 2 is 2.10 bits per heavy atom. The summed E-state index contributed by atoms with van der Waals surface area (Å²) in [5.41, 5.74) is 2.02. The highest BCUT2D eigenvalue weighted by Crippen LogP contribution is 2.36. The first-order valence-electron chi connectivity index (χ1n) is 12.5. The second-order valence-corrected chi connectivity index (χ2v) is 10.6. The van der Waals surface area contributed by atoms with E-state index in [1.54, 1.807) is 24.7 Å². The number of nitrogens with one attached hydrogen (secondary N) is 4. The SMILES string of the molecule is CC(C)NCCNC(=O)COc1ccc(-c2cncn2-c2n[nH]c3nc(NC(=O)C4CC4)sc23)c(Cl)c1.O=CO. The molecule has 5 N–H and O–H groups in total. The van der Waals surface area contributed by atoms with Crippen LogP contribution < -0.4 is 20.7 Å². The molecule has 2 amide bonds. The number of aromatic nitrogens is 5. The van der Waals surface area contributed by atoms with Crippen LogP contribution in [-0.4, -0.2) is 73.9 Å². The summed E-state index contributed by atoms with van der Waals surface area (Å²) in [6, 6.07) is 5.60. The fraction of sp³-hybridized carbons (Fsp3) is 0.360. The first-order valence-corrected chi connectivity index (χ1v) is 13.7. The van der Waals surface area contributed by atoms with E-state index in [2.05, 4.69) is 36.1 Å². The molecule has 3 heterocycles. The third-order valence-electron chi connectivity index (χ3n) is 5.73. The number of benzene rings is 1. The number of anilines is 1. The maximum Gasteiger partial charge on any atom is 0.290 e. The number of carboxylic acid groups (broad SMARTS) is 1. The van der Waals surface area contributed by atoms with Gasteiger partial charge in [-0.1, -0.05) is 36.8 Å². The highest BCUT2D eigenvalue weighted by molar-refractivity contribution is 7.22. The van der Waals surface area contributed by atoms with E-state index in [-0.39, 0.29) is 30.8 Å². The molecule has 1 saturated carbocycles. The van der Waals surface area contributed by atoms with Crippen molar-refractivity contribution in [2.24, 2.45) is 5.92 Å². The summed E-state index contributed by atoms with van der Waals surface area (Å²) in [4.78, 5) is 41.3. The molecule has 1 fully saturated rings. The molecule has 13 nitrogen and oxygen atoms in total. The molecule has 0 bridgehead atoms. The number of carbonyl (C=O) groups excluding carboxylic acids is 2. The average molecular weight is 589 g/mol. The van der Waals surface area contributed by atoms with Crippen LogP contribution in [0.3, 0.4) is 0 Å². The van der Waals surface area contributed by atoms with Crippen LogP contribution in [0.15, 0.2) is 30.7 Å². The number of halogens is 1. The number of carbonyl (C=O) groups is 3. The molecule has 0 atom stereocenters. The van der Waals surface area contributed by atoms with Gasteiger partial charge < -0.3 is 25.8 Å². The Hall–Kier alpha value is -4.01. The van der Waals surface area contributed by atoms with E-state index in [1.807, 2.05) is 24.5 Å². The van der Waals surface area contributed by atoms with Crippen molar-refractivity contribution in [1.82, 2.24) is 35.4 Å². The van der Waals surface area contributed by atoms with E-state index in [1.165, 1.54) is 11.3 Å². The predicted molar refractivity (Wildman–Crippen MR) is 151 cm³/mol. The minimum absolute atomic E-state index is 0.00365. The molecular formula is C25H29ClN8O5S. The molecular weight excluding hydrogens is 560 g/mol. The highest BCUT2D eigenvalue weighted by atomic mass is 35.5. The Morgan fingerprint density at radius 3 is 2.80 bits per heavy atom. The second kappa shape index (κ2) is 13.4. The van der Waals surface area contributed by atoms with Crippen molar-refractivity contribution in [2.45, 2.75) is 32.7 Å². The zero-order chi connectivity index (χ0) is 28.6. The Bertz CT molecular complexity index is 1480. The van der Waals surface area contributed by atoms with Crippen molar-refractivity contribution >= 4 is 56.7 Å². The summed E-state index contributed by atoms with van der Waals surface area (Å²) in [5.74, 6) is 0.978. The van der Waals surface area contributed by atoms with Crippen LogP contribution in [0.4, 0.5) is 5.13 Å². The van der Waals surface area contributed by atoms with Crippen molar-refractivity contribution in [3.05, 3.63) is 35.7 Å². The molecule has 5 rings (SSSR count). The molecule has 1 aliphatic rings. The topological polar surface area (TPSA) is 176 Å². The molecule has 0 aliphatic heterocycles. The minimum Gasteiger partial charge on any atom is -0.484 e. The van der Waals surface area contributed by atoms with Gasteiger partial charge in [-0.3, -0.25) is 24.0 Å². The van der Waals surface area contributed by atoms with Crippen LogP contribution in [0.25, 0.3) is 27.4 Å². The van der Waals surface area contributed by atoms with Gasteiger partial charge in [0.1, 0.15) is 16.8 Å². The van der Waals surface area contributed by atoms with Crippen LogP contribution in [-0.2, 0) is 14.4 Å². The largest absolute Gasteiger partial charge is 0.484 e. The molecule has 40 heavy (non-hydrogen) atoms.